The molecule has 5 nitrogen and oxygen atoms in total. The lowest BCUT2D eigenvalue weighted by Gasteiger charge is -2.29. The number of hydrogen-bond donors (Lipinski definition) is 0. The van der Waals surface area contributed by atoms with Crippen LogP contribution in [0.4, 0.5) is 17.3 Å². The predicted molar refractivity (Wildman–Crippen MR) is 65.9 cm³/mol. The summed E-state index contributed by atoms with van der Waals surface area (Å²) in [5.41, 5.74) is 0.693. The van der Waals surface area contributed by atoms with Crippen LogP contribution in [0.5, 0.6) is 0 Å². The molecule has 1 aromatic rings. The number of anilines is 2. The average Bonchev–Trinajstić information content (AvgIpc) is 2.31. The van der Waals surface area contributed by atoms with Crippen molar-refractivity contribution < 1.29 is 8.85 Å². The van der Waals surface area contributed by atoms with Crippen molar-refractivity contribution in [3.63, 3.8) is 0 Å². The van der Waals surface area contributed by atoms with Crippen LogP contribution in [-0.4, -0.2) is 45.6 Å². The van der Waals surface area contributed by atoms with Crippen LogP contribution in [-0.2, 0) is 4.74 Å². The van der Waals surface area contributed by atoms with E-state index in [0.717, 1.165) is 5.82 Å². The van der Waals surface area contributed by atoms with Gasteiger partial charge in [-0.25, -0.2) is 4.98 Å². The van der Waals surface area contributed by atoms with Crippen LogP contribution < -0.4 is 9.80 Å². The summed E-state index contributed by atoms with van der Waals surface area (Å²) in [6, 6.07) is 3.70. The number of nitrogens with zero attached hydrogens (tertiary/aromatic N) is 4. The Balaban J connectivity index is 2.31. The van der Waals surface area contributed by atoms with E-state index in [4.69, 9.17) is 8.85 Å². The number of methoxy groups -OCH3 is 1. The van der Waals surface area contributed by atoms with Gasteiger partial charge in [-0.2, -0.15) is 0 Å². The molecule has 0 saturated carbocycles. The van der Waals surface area contributed by atoms with Crippen LogP contribution >= 0.6 is 0 Å². The first kappa shape index (κ1) is 7.62. The minimum atomic E-state index is -2.47. The topological polar surface area (TPSA) is 41.0 Å². The number of aliphatic imine (C=N–C) groups is 1. The lowest BCUT2D eigenvalue weighted by Crippen LogP contribution is -2.37. The Hall–Kier alpha value is -1.62. The average molecular weight is 223 g/mol. The van der Waals surface area contributed by atoms with Crippen molar-refractivity contribution in [2.75, 3.05) is 38.0 Å². The minimum Gasteiger partial charge on any atom is -0.363 e. The van der Waals surface area contributed by atoms with Crippen LogP contribution in [0.2, 0.25) is 0 Å². The van der Waals surface area contributed by atoms with E-state index in [1.54, 1.807) is 11.9 Å². The monoisotopic (exact) mass is 223 g/mol. The normalized spacial score (nSPS) is 22.1. The van der Waals surface area contributed by atoms with E-state index in [1.165, 1.54) is 6.21 Å². The van der Waals surface area contributed by atoms with E-state index in [1.807, 2.05) is 31.1 Å². The van der Waals surface area contributed by atoms with Gasteiger partial charge >= 0.3 is 0 Å². The summed E-state index contributed by atoms with van der Waals surface area (Å²) in [6.45, 7) is 0. The Labute approximate surface area is 99.6 Å². The van der Waals surface area contributed by atoms with Gasteiger partial charge in [-0.05, 0) is 12.1 Å². The summed E-state index contributed by atoms with van der Waals surface area (Å²) in [5, 5.41) is 0. The van der Waals surface area contributed by atoms with Gasteiger partial charge < -0.3 is 14.5 Å². The number of aromatic nitrogens is 1. The van der Waals surface area contributed by atoms with Crippen LogP contribution in [0, 0.1) is 0 Å². The molecular formula is C11H16N4O. The second-order valence-corrected chi connectivity index (χ2v) is 3.80. The van der Waals surface area contributed by atoms with Crippen LogP contribution in [0.3, 0.4) is 0 Å². The van der Waals surface area contributed by atoms with Crippen molar-refractivity contribution in [3.05, 3.63) is 12.1 Å². The molecule has 1 aliphatic rings. The molecule has 0 aliphatic carbocycles. The van der Waals surface area contributed by atoms with Gasteiger partial charge in [0.1, 0.15) is 11.5 Å². The minimum absolute atomic E-state index is 0.600. The first-order chi connectivity index (χ1) is 8.78. The fourth-order valence-corrected chi connectivity index (χ4v) is 1.51. The third kappa shape index (κ3) is 1.74. The molecule has 16 heavy (non-hydrogen) atoms. The molecule has 0 fully saturated rings. The van der Waals surface area contributed by atoms with Gasteiger partial charge in [0.05, 0.1) is 10.3 Å². The molecule has 2 rings (SSSR count). The summed E-state index contributed by atoms with van der Waals surface area (Å²) < 4.78 is 26.4. The first-order valence-corrected chi connectivity index (χ1v) is 4.91. The van der Waals surface area contributed by atoms with Gasteiger partial charge in [0.15, 0.2) is 12.0 Å². The summed E-state index contributed by atoms with van der Waals surface area (Å²) in [5.74, 6) is 1.37. The van der Waals surface area contributed by atoms with Gasteiger partial charge in [-0.3, -0.25) is 4.99 Å². The highest BCUT2D eigenvalue weighted by Crippen LogP contribution is 2.31. The number of ether oxygens (including phenoxy) is 1. The quantitative estimate of drug-likeness (QED) is 0.757. The van der Waals surface area contributed by atoms with Crippen molar-refractivity contribution in [2.45, 2.75) is 6.23 Å². The number of fused-ring (bicyclic) bond motifs is 1. The zero-order valence-corrected chi connectivity index (χ0v) is 9.51. The predicted octanol–water partition coefficient (Wildman–Crippen LogP) is 1.27. The standard InChI is InChI=1S/C11H16N4O/c1-14(2)9-6-5-8-11(13-9)15(3)10(16-4)7-12-8/h5-7,10H,1-4H3/i4D3. The Morgan fingerprint density at radius 2 is 2.31 bits per heavy atom. The van der Waals surface area contributed by atoms with Gasteiger partial charge in [-0.15, -0.1) is 0 Å². The summed E-state index contributed by atoms with van der Waals surface area (Å²) in [4.78, 5) is 12.2. The molecule has 1 aliphatic heterocycles. The van der Waals surface area contributed by atoms with E-state index in [-0.39, 0.29) is 0 Å². The Morgan fingerprint density at radius 3 is 3.00 bits per heavy atom. The molecule has 1 unspecified atom stereocenters. The maximum absolute atomic E-state index is 7.15. The maximum Gasteiger partial charge on any atom is 0.167 e. The first-order valence-electron chi connectivity index (χ1n) is 6.41. The zero-order chi connectivity index (χ0) is 14.2. The lowest BCUT2D eigenvalue weighted by molar-refractivity contribution is 0.158. The SMILES string of the molecule is [2H]C([2H])([2H])OC1C=Nc2ccc(N(C)C)nc2N1C. The number of pyridine rings is 1. The van der Waals surface area contributed by atoms with Gasteiger partial charge in [0.25, 0.3) is 0 Å². The molecule has 0 spiro atoms. The molecule has 0 aromatic carbocycles. The second-order valence-electron chi connectivity index (χ2n) is 3.80. The van der Waals surface area contributed by atoms with E-state index in [0.29, 0.717) is 11.5 Å². The largest absolute Gasteiger partial charge is 0.363 e. The third-order valence-corrected chi connectivity index (χ3v) is 2.48. The van der Waals surface area contributed by atoms with Crippen molar-refractivity contribution in [1.29, 1.82) is 0 Å². The van der Waals surface area contributed by atoms with Crippen LogP contribution in [0.25, 0.3) is 0 Å². The number of rotatable bonds is 2. The Kier molecular flexibility index (Phi) is 1.95. The Bertz CT molecular complexity index is 501. The molecule has 0 amide bonds. The van der Waals surface area contributed by atoms with E-state index in [2.05, 4.69) is 9.98 Å². The van der Waals surface area contributed by atoms with Gasteiger partial charge in [0.2, 0.25) is 0 Å². The molecule has 0 saturated heterocycles. The smallest absolute Gasteiger partial charge is 0.167 e. The summed E-state index contributed by atoms with van der Waals surface area (Å²) >= 11 is 0. The molecule has 1 atom stereocenters. The van der Waals surface area contributed by atoms with Crippen molar-refractivity contribution in [2.24, 2.45) is 4.99 Å². The third-order valence-electron chi connectivity index (χ3n) is 2.48. The van der Waals surface area contributed by atoms with E-state index >= 15 is 0 Å². The Morgan fingerprint density at radius 1 is 1.50 bits per heavy atom. The van der Waals surface area contributed by atoms with Gasteiger partial charge in [-0.1, -0.05) is 0 Å². The molecule has 86 valence electrons. The van der Waals surface area contributed by atoms with Crippen LogP contribution in [0.1, 0.15) is 4.11 Å². The fraction of sp³-hybridized carbons (Fsp3) is 0.455. The molecule has 0 radical (unpaired) electrons. The molecule has 0 N–H and O–H groups in total. The highest BCUT2D eigenvalue weighted by molar-refractivity contribution is 5.81. The van der Waals surface area contributed by atoms with Crippen molar-refractivity contribution >= 4 is 23.5 Å². The maximum atomic E-state index is 7.15. The number of hydrogen-bond acceptors (Lipinski definition) is 5. The van der Waals surface area contributed by atoms with Crippen LogP contribution in [0.15, 0.2) is 17.1 Å². The molecule has 5 heteroatoms. The van der Waals surface area contributed by atoms with E-state index in [9.17, 15) is 0 Å². The zero-order valence-electron chi connectivity index (χ0n) is 12.5. The highest BCUT2D eigenvalue weighted by atomic mass is 16.5. The van der Waals surface area contributed by atoms with Crippen molar-refractivity contribution in [3.8, 4) is 0 Å². The summed E-state index contributed by atoms with van der Waals surface area (Å²) in [7, 11) is 3.03. The van der Waals surface area contributed by atoms with E-state index < -0.39 is 13.3 Å². The molecule has 1 aromatic heterocycles. The second kappa shape index (κ2) is 4.09. The lowest BCUT2D eigenvalue weighted by atomic mass is 10.3. The molecule has 0 bridgehead atoms. The molecular weight excluding hydrogens is 204 g/mol. The fourth-order valence-electron chi connectivity index (χ4n) is 1.51. The highest BCUT2D eigenvalue weighted by Gasteiger charge is 2.21. The van der Waals surface area contributed by atoms with Gasteiger partial charge in [0, 0.05) is 28.2 Å². The summed E-state index contributed by atoms with van der Waals surface area (Å²) in [6.07, 6.45) is 0.719. The molecule has 2 heterocycles. The van der Waals surface area contributed by atoms with Crippen molar-refractivity contribution in [1.82, 2.24) is 4.98 Å².